The highest BCUT2D eigenvalue weighted by molar-refractivity contribution is 5.94. The van der Waals surface area contributed by atoms with Crippen LogP contribution in [0.15, 0.2) is 30.6 Å². The fourth-order valence-corrected chi connectivity index (χ4v) is 2.70. The van der Waals surface area contributed by atoms with Crippen molar-refractivity contribution in [1.29, 1.82) is 0 Å². The van der Waals surface area contributed by atoms with Crippen molar-refractivity contribution in [2.24, 2.45) is 0 Å². The van der Waals surface area contributed by atoms with Crippen LogP contribution in [0.2, 0.25) is 0 Å². The smallest absolute Gasteiger partial charge is 0.251 e. The zero-order valence-electron chi connectivity index (χ0n) is 13.7. The molecule has 2 aromatic heterocycles. The summed E-state index contributed by atoms with van der Waals surface area (Å²) in [6.45, 7) is 2.34. The summed E-state index contributed by atoms with van der Waals surface area (Å²) in [5, 5.41) is 2.83. The number of hydrogen-bond acceptors (Lipinski definition) is 6. The van der Waals surface area contributed by atoms with Gasteiger partial charge in [-0.1, -0.05) is 0 Å². The van der Waals surface area contributed by atoms with Gasteiger partial charge >= 0.3 is 0 Å². The van der Waals surface area contributed by atoms with Crippen molar-refractivity contribution in [3.8, 4) is 5.88 Å². The lowest BCUT2D eigenvalue weighted by atomic mass is 10.1. The second kappa shape index (κ2) is 7.72. The molecule has 126 valence electrons. The molecule has 0 aliphatic carbocycles. The number of nitrogens with one attached hydrogen (secondary N) is 1. The molecule has 0 spiro atoms. The molecule has 24 heavy (non-hydrogen) atoms. The maximum Gasteiger partial charge on any atom is 0.251 e. The van der Waals surface area contributed by atoms with Crippen LogP contribution in [-0.4, -0.2) is 41.1 Å². The fourth-order valence-electron chi connectivity index (χ4n) is 2.70. The van der Waals surface area contributed by atoms with Gasteiger partial charge in [0.2, 0.25) is 5.88 Å². The van der Waals surface area contributed by atoms with Crippen LogP contribution in [0.1, 0.15) is 35.4 Å². The van der Waals surface area contributed by atoms with Crippen molar-refractivity contribution in [3.63, 3.8) is 0 Å². The number of ether oxygens (including phenoxy) is 1. The van der Waals surface area contributed by atoms with Crippen LogP contribution in [0.4, 0.5) is 5.82 Å². The third kappa shape index (κ3) is 3.98. The van der Waals surface area contributed by atoms with Gasteiger partial charge in [0.25, 0.3) is 5.91 Å². The lowest BCUT2D eigenvalue weighted by Crippen LogP contribution is -2.31. The van der Waals surface area contributed by atoms with Crippen LogP contribution in [0.5, 0.6) is 5.88 Å². The molecule has 0 atom stereocenters. The number of amides is 1. The lowest BCUT2D eigenvalue weighted by Gasteiger charge is -2.27. The highest BCUT2D eigenvalue weighted by Crippen LogP contribution is 2.17. The second-order valence-electron chi connectivity index (χ2n) is 5.65. The monoisotopic (exact) mass is 327 g/mol. The highest BCUT2D eigenvalue weighted by atomic mass is 16.5. The molecule has 0 radical (unpaired) electrons. The molecule has 7 heteroatoms. The zero-order valence-corrected chi connectivity index (χ0v) is 13.7. The van der Waals surface area contributed by atoms with E-state index in [1.54, 1.807) is 24.5 Å². The van der Waals surface area contributed by atoms with Gasteiger partial charge in [0.05, 0.1) is 13.7 Å². The van der Waals surface area contributed by atoms with Crippen molar-refractivity contribution in [2.75, 3.05) is 25.1 Å². The quantitative estimate of drug-likeness (QED) is 0.902. The summed E-state index contributed by atoms with van der Waals surface area (Å²) >= 11 is 0. The minimum Gasteiger partial charge on any atom is -0.481 e. The Morgan fingerprint density at radius 3 is 2.79 bits per heavy atom. The minimum absolute atomic E-state index is 0.206. The van der Waals surface area contributed by atoms with Gasteiger partial charge in [0.15, 0.2) is 0 Å². The largest absolute Gasteiger partial charge is 0.481 e. The molecule has 0 bridgehead atoms. The van der Waals surface area contributed by atoms with E-state index in [1.807, 2.05) is 6.07 Å². The maximum absolute atomic E-state index is 12.2. The Labute approximate surface area is 141 Å². The molecular weight excluding hydrogens is 306 g/mol. The molecule has 7 nitrogen and oxygen atoms in total. The summed E-state index contributed by atoms with van der Waals surface area (Å²) in [5.41, 5.74) is 0.494. The van der Waals surface area contributed by atoms with Crippen LogP contribution < -0.4 is 15.0 Å². The topological polar surface area (TPSA) is 80.2 Å². The van der Waals surface area contributed by atoms with Gasteiger partial charge in [-0.25, -0.2) is 15.0 Å². The average molecular weight is 327 g/mol. The Morgan fingerprint density at radius 2 is 2.00 bits per heavy atom. The molecule has 0 unspecified atom stereocenters. The predicted molar refractivity (Wildman–Crippen MR) is 90.1 cm³/mol. The van der Waals surface area contributed by atoms with E-state index in [9.17, 15) is 4.79 Å². The zero-order chi connectivity index (χ0) is 16.8. The van der Waals surface area contributed by atoms with Crippen molar-refractivity contribution in [2.45, 2.75) is 25.8 Å². The summed E-state index contributed by atoms with van der Waals surface area (Å²) in [5.74, 6) is 1.74. The highest BCUT2D eigenvalue weighted by Gasteiger charge is 2.13. The normalized spacial score (nSPS) is 14.3. The van der Waals surface area contributed by atoms with Crippen LogP contribution in [-0.2, 0) is 6.54 Å². The summed E-state index contributed by atoms with van der Waals surface area (Å²) in [6, 6.07) is 5.16. The molecule has 1 fully saturated rings. The lowest BCUT2D eigenvalue weighted by molar-refractivity contribution is 0.0949. The van der Waals surface area contributed by atoms with Crippen molar-refractivity contribution < 1.29 is 9.53 Å². The van der Waals surface area contributed by atoms with E-state index in [0.29, 0.717) is 17.3 Å². The SMILES string of the molecule is COc1cc(C(=O)NCc2nccc(N3CCCCC3)n2)ccn1. The predicted octanol–water partition coefficient (Wildman–Crippen LogP) is 1.80. The Morgan fingerprint density at radius 1 is 1.21 bits per heavy atom. The molecule has 1 saturated heterocycles. The van der Waals surface area contributed by atoms with E-state index in [0.717, 1.165) is 18.9 Å². The van der Waals surface area contributed by atoms with E-state index in [2.05, 4.69) is 25.2 Å². The third-order valence-electron chi connectivity index (χ3n) is 3.98. The summed E-state index contributed by atoms with van der Waals surface area (Å²) in [7, 11) is 1.52. The Bertz CT molecular complexity index is 701. The molecule has 0 aromatic carbocycles. The number of aromatic nitrogens is 3. The minimum atomic E-state index is -0.206. The average Bonchev–Trinajstić information content (AvgIpc) is 2.67. The van der Waals surface area contributed by atoms with Crippen LogP contribution in [0.3, 0.4) is 0 Å². The number of pyridine rings is 1. The Kier molecular flexibility index (Phi) is 5.20. The molecule has 1 amide bonds. The number of nitrogens with zero attached hydrogens (tertiary/aromatic N) is 4. The van der Waals surface area contributed by atoms with Crippen LogP contribution >= 0.6 is 0 Å². The molecule has 3 heterocycles. The van der Waals surface area contributed by atoms with Crippen molar-refractivity contribution in [3.05, 3.63) is 42.0 Å². The first-order valence-corrected chi connectivity index (χ1v) is 8.11. The summed E-state index contributed by atoms with van der Waals surface area (Å²) in [6.07, 6.45) is 6.95. The van der Waals surface area contributed by atoms with E-state index >= 15 is 0 Å². The van der Waals surface area contributed by atoms with E-state index in [1.165, 1.54) is 26.4 Å². The Hall–Kier alpha value is -2.70. The van der Waals surface area contributed by atoms with Crippen molar-refractivity contribution in [1.82, 2.24) is 20.3 Å². The first-order valence-electron chi connectivity index (χ1n) is 8.11. The number of methoxy groups -OCH3 is 1. The molecule has 1 N–H and O–H groups in total. The molecule has 0 saturated carbocycles. The number of carbonyl (C=O) groups excluding carboxylic acids is 1. The van der Waals surface area contributed by atoms with E-state index in [-0.39, 0.29) is 12.5 Å². The van der Waals surface area contributed by atoms with E-state index in [4.69, 9.17) is 4.74 Å². The van der Waals surface area contributed by atoms with Gasteiger partial charge < -0.3 is 15.0 Å². The van der Waals surface area contributed by atoms with Gasteiger partial charge in [-0.3, -0.25) is 4.79 Å². The number of hydrogen-bond donors (Lipinski definition) is 1. The fraction of sp³-hybridized carbons (Fsp3) is 0.412. The van der Waals surface area contributed by atoms with Gasteiger partial charge in [0, 0.05) is 37.1 Å². The molecule has 1 aliphatic heterocycles. The first kappa shape index (κ1) is 16.2. The molecule has 2 aromatic rings. The van der Waals surface area contributed by atoms with Gasteiger partial charge in [0.1, 0.15) is 11.6 Å². The molecule has 3 rings (SSSR count). The van der Waals surface area contributed by atoms with Gasteiger partial charge in [-0.05, 0) is 31.4 Å². The van der Waals surface area contributed by atoms with Crippen LogP contribution in [0.25, 0.3) is 0 Å². The summed E-state index contributed by atoms with van der Waals surface area (Å²) in [4.78, 5) is 27.3. The third-order valence-corrected chi connectivity index (χ3v) is 3.98. The second-order valence-corrected chi connectivity index (χ2v) is 5.65. The van der Waals surface area contributed by atoms with E-state index < -0.39 is 0 Å². The number of rotatable bonds is 5. The summed E-state index contributed by atoms with van der Waals surface area (Å²) < 4.78 is 5.03. The molecular formula is C17H21N5O2. The number of piperidine rings is 1. The number of anilines is 1. The Balaban J connectivity index is 1.62. The van der Waals surface area contributed by atoms with Gasteiger partial charge in [-0.15, -0.1) is 0 Å². The first-order chi connectivity index (χ1) is 11.8. The molecule has 1 aliphatic rings. The number of carbonyl (C=O) groups is 1. The van der Waals surface area contributed by atoms with Crippen molar-refractivity contribution >= 4 is 11.7 Å². The van der Waals surface area contributed by atoms with Crippen LogP contribution in [0, 0.1) is 0 Å². The standard InChI is InChI=1S/C17H21N5O2/c1-24-16-11-13(5-7-19-16)17(23)20-12-14-18-8-6-15(21-14)22-9-3-2-4-10-22/h5-8,11H,2-4,9-10,12H2,1H3,(H,20,23). The maximum atomic E-state index is 12.2. The van der Waals surface area contributed by atoms with Gasteiger partial charge in [-0.2, -0.15) is 0 Å².